The lowest BCUT2D eigenvalue weighted by Crippen LogP contribution is -2.35. The number of nitrogens with one attached hydrogen (secondary N) is 1. The molecule has 140 valence electrons. The molecule has 2 atom stereocenters. The van der Waals surface area contributed by atoms with E-state index in [1.807, 2.05) is 0 Å². The van der Waals surface area contributed by atoms with Crippen LogP contribution in [0.3, 0.4) is 0 Å². The molecule has 26 heavy (non-hydrogen) atoms. The number of carbonyl (C=O) groups excluding carboxylic acids is 1. The lowest BCUT2D eigenvalue weighted by molar-refractivity contribution is -0.173. The second-order valence-electron chi connectivity index (χ2n) is 5.83. The fourth-order valence-electron chi connectivity index (χ4n) is 2.98. The Balaban J connectivity index is 2.02. The van der Waals surface area contributed by atoms with Crippen molar-refractivity contribution in [1.82, 2.24) is 9.78 Å². The molecule has 1 aromatic heterocycles. The van der Waals surface area contributed by atoms with Crippen molar-refractivity contribution in [2.45, 2.75) is 24.7 Å². The van der Waals surface area contributed by atoms with Crippen molar-refractivity contribution in [2.75, 3.05) is 19.5 Å². The Morgan fingerprint density at radius 3 is 2.54 bits per heavy atom. The second kappa shape index (κ2) is 6.43. The molecule has 0 saturated carbocycles. The number of alkyl halides is 3. The SMILES string of the molecule is COc1ccc([C@@H]2C[C@@H](C(F)(F)F)n3nc(C(N)=O)cc3N2)cc1OC. The van der Waals surface area contributed by atoms with Crippen LogP contribution in [0.25, 0.3) is 0 Å². The van der Waals surface area contributed by atoms with Crippen molar-refractivity contribution in [3.63, 3.8) is 0 Å². The second-order valence-corrected chi connectivity index (χ2v) is 5.83. The van der Waals surface area contributed by atoms with E-state index in [1.54, 1.807) is 18.2 Å². The van der Waals surface area contributed by atoms with E-state index in [4.69, 9.17) is 15.2 Å². The van der Waals surface area contributed by atoms with Crippen molar-refractivity contribution >= 4 is 11.7 Å². The highest BCUT2D eigenvalue weighted by molar-refractivity contribution is 5.91. The number of primary amides is 1. The predicted molar refractivity (Wildman–Crippen MR) is 86.4 cm³/mol. The number of benzene rings is 1. The Kier molecular flexibility index (Phi) is 4.43. The molecule has 3 rings (SSSR count). The van der Waals surface area contributed by atoms with Gasteiger partial charge in [-0.2, -0.15) is 18.3 Å². The van der Waals surface area contributed by atoms with Gasteiger partial charge in [-0.3, -0.25) is 4.79 Å². The van der Waals surface area contributed by atoms with Gasteiger partial charge < -0.3 is 20.5 Å². The first-order chi connectivity index (χ1) is 12.2. The maximum atomic E-state index is 13.5. The van der Waals surface area contributed by atoms with E-state index in [0.29, 0.717) is 17.1 Å². The minimum absolute atomic E-state index is 0.0761. The Morgan fingerprint density at radius 1 is 1.27 bits per heavy atom. The molecule has 0 fully saturated rings. The molecule has 0 unspecified atom stereocenters. The summed E-state index contributed by atoms with van der Waals surface area (Å²) < 4.78 is 51.7. The summed E-state index contributed by atoms with van der Waals surface area (Å²) in [5, 5.41) is 6.68. The summed E-state index contributed by atoms with van der Waals surface area (Å²) in [5.74, 6) is 0.0669. The number of methoxy groups -OCH3 is 2. The topological polar surface area (TPSA) is 91.4 Å². The third kappa shape index (κ3) is 3.14. The monoisotopic (exact) mass is 370 g/mol. The van der Waals surface area contributed by atoms with Crippen LogP contribution in [-0.2, 0) is 0 Å². The van der Waals surface area contributed by atoms with Gasteiger partial charge in [-0.1, -0.05) is 6.07 Å². The summed E-state index contributed by atoms with van der Waals surface area (Å²) in [4.78, 5) is 11.3. The largest absolute Gasteiger partial charge is 0.493 e. The lowest BCUT2D eigenvalue weighted by atomic mass is 9.96. The number of ether oxygens (including phenoxy) is 2. The summed E-state index contributed by atoms with van der Waals surface area (Å²) in [6.45, 7) is 0. The first kappa shape index (κ1) is 17.9. The minimum Gasteiger partial charge on any atom is -0.493 e. The van der Waals surface area contributed by atoms with Crippen molar-refractivity contribution < 1.29 is 27.4 Å². The van der Waals surface area contributed by atoms with E-state index in [-0.39, 0.29) is 17.9 Å². The lowest BCUT2D eigenvalue weighted by Gasteiger charge is -2.33. The van der Waals surface area contributed by atoms with Crippen LogP contribution in [0, 0.1) is 0 Å². The molecule has 0 spiro atoms. The normalized spacial score (nSPS) is 19.4. The summed E-state index contributed by atoms with van der Waals surface area (Å²) in [6, 6.07) is 3.57. The molecule has 7 nitrogen and oxygen atoms in total. The first-order valence-electron chi connectivity index (χ1n) is 7.69. The Bertz CT molecular complexity index is 835. The molecule has 1 aliphatic heterocycles. The van der Waals surface area contributed by atoms with Crippen LogP contribution in [-0.4, -0.2) is 36.1 Å². The summed E-state index contributed by atoms with van der Waals surface area (Å²) in [6.07, 6.45) is -4.83. The van der Waals surface area contributed by atoms with E-state index >= 15 is 0 Å². The Hall–Kier alpha value is -2.91. The molecule has 1 amide bonds. The zero-order valence-electron chi connectivity index (χ0n) is 14.0. The number of rotatable bonds is 4. The van der Waals surface area contributed by atoms with Crippen LogP contribution < -0.4 is 20.5 Å². The molecule has 2 heterocycles. The van der Waals surface area contributed by atoms with E-state index in [0.717, 1.165) is 4.68 Å². The number of carbonyl (C=O) groups is 1. The van der Waals surface area contributed by atoms with Gasteiger partial charge >= 0.3 is 6.18 Å². The molecule has 0 saturated heterocycles. The molecular weight excluding hydrogens is 353 g/mol. The highest BCUT2D eigenvalue weighted by Gasteiger charge is 2.46. The van der Waals surface area contributed by atoms with Crippen LogP contribution in [0.2, 0.25) is 0 Å². The number of fused-ring (bicyclic) bond motifs is 1. The van der Waals surface area contributed by atoms with Crippen LogP contribution in [0.15, 0.2) is 24.3 Å². The molecule has 3 N–H and O–H groups in total. The molecule has 0 bridgehead atoms. The standard InChI is InChI=1S/C16H17F3N4O3/c1-25-11-4-3-8(5-12(11)26-2)9-6-13(16(17,18)19)23-14(21-9)7-10(22-23)15(20)24/h3-5,7,9,13,21H,6H2,1-2H3,(H2,20,24)/t9-,13-/m0/s1. The number of hydrogen-bond acceptors (Lipinski definition) is 5. The molecule has 0 aliphatic carbocycles. The van der Waals surface area contributed by atoms with Crippen molar-refractivity contribution in [1.29, 1.82) is 0 Å². The Morgan fingerprint density at radius 2 is 1.96 bits per heavy atom. The van der Waals surface area contributed by atoms with Crippen LogP contribution in [0.4, 0.5) is 19.0 Å². The average molecular weight is 370 g/mol. The average Bonchev–Trinajstić information content (AvgIpc) is 3.03. The number of hydrogen-bond donors (Lipinski definition) is 2. The van der Waals surface area contributed by atoms with E-state index < -0.39 is 24.2 Å². The zero-order valence-corrected chi connectivity index (χ0v) is 14.0. The maximum Gasteiger partial charge on any atom is 0.410 e. The summed E-state index contributed by atoms with van der Waals surface area (Å²) >= 11 is 0. The molecule has 2 aromatic rings. The molecule has 1 aliphatic rings. The van der Waals surface area contributed by atoms with Crippen LogP contribution in [0.1, 0.15) is 34.6 Å². The van der Waals surface area contributed by atoms with Crippen LogP contribution in [0.5, 0.6) is 11.5 Å². The molecule has 10 heteroatoms. The first-order valence-corrected chi connectivity index (χ1v) is 7.69. The molecule has 1 aromatic carbocycles. The van der Waals surface area contributed by atoms with E-state index in [9.17, 15) is 18.0 Å². The minimum atomic E-state index is -4.54. The molecular formula is C16H17F3N4O3. The number of nitrogens with two attached hydrogens (primary N) is 1. The van der Waals surface area contributed by atoms with Gasteiger partial charge in [0.2, 0.25) is 0 Å². The number of amides is 1. The van der Waals surface area contributed by atoms with Gasteiger partial charge in [0.1, 0.15) is 5.82 Å². The maximum absolute atomic E-state index is 13.5. The van der Waals surface area contributed by atoms with Gasteiger partial charge in [0.15, 0.2) is 23.2 Å². The van der Waals surface area contributed by atoms with Gasteiger partial charge in [-0.25, -0.2) is 4.68 Å². The van der Waals surface area contributed by atoms with Crippen LogP contribution >= 0.6 is 0 Å². The fraction of sp³-hybridized carbons (Fsp3) is 0.375. The third-order valence-corrected chi connectivity index (χ3v) is 4.25. The smallest absolute Gasteiger partial charge is 0.410 e. The predicted octanol–water partition coefficient (Wildman–Crippen LogP) is 2.66. The van der Waals surface area contributed by atoms with Gasteiger partial charge in [0.05, 0.1) is 20.3 Å². The highest BCUT2D eigenvalue weighted by Crippen LogP contribution is 2.44. The van der Waals surface area contributed by atoms with Crippen molar-refractivity contribution in [2.24, 2.45) is 5.73 Å². The number of aromatic nitrogens is 2. The highest BCUT2D eigenvalue weighted by atomic mass is 19.4. The van der Waals surface area contributed by atoms with Gasteiger partial charge in [0, 0.05) is 12.5 Å². The quantitative estimate of drug-likeness (QED) is 0.863. The van der Waals surface area contributed by atoms with Gasteiger partial charge in [-0.15, -0.1) is 0 Å². The van der Waals surface area contributed by atoms with Crippen molar-refractivity contribution in [3.8, 4) is 11.5 Å². The van der Waals surface area contributed by atoms with E-state index in [2.05, 4.69) is 10.4 Å². The fourth-order valence-corrected chi connectivity index (χ4v) is 2.98. The Labute approximate surface area is 146 Å². The van der Waals surface area contributed by atoms with E-state index in [1.165, 1.54) is 20.3 Å². The van der Waals surface area contributed by atoms with Crippen molar-refractivity contribution in [3.05, 3.63) is 35.5 Å². The third-order valence-electron chi connectivity index (χ3n) is 4.25. The number of halogens is 3. The summed E-state index contributed by atoms with van der Waals surface area (Å²) in [5.41, 5.74) is 5.50. The summed E-state index contributed by atoms with van der Waals surface area (Å²) in [7, 11) is 2.92. The zero-order chi connectivity index (χ0) is 19.1. The number of anilines is 1. The molecule has 0 radical (unpaired) electrons. The number of nitrogens with zero attached hydrogens (tertiary/aromatic N) is 2. The van der Waals surface area contributed by atoms with Gasteiger partial charge in [-0.05, 0) is 17.7 Å². The van der Waals surface area contributed by atoms with Gasteiger partial charge in [0.25, 0.3) is 5.91 Å².